The van der Waals surface area contributed by atoms with E-state index in [0.717, 1.165) is 6.61 Å². The molecule has 22 heavy (non-hydrogen) atoms. The number of nitrogens with two attached hydrogens (primary N) is 1. The van der Waals surface area contributed by atoms with Crippen LogP contribution in [0.5, 0.6) is 0 Å². The van der Waals surface area contributed by atoms with Gasteiger partial charge in [0.2, 0.25) is 0 Å². The van der Waals surface area contributed by atoms with Crippen LogP contribution in [0.25, 0.3) is 0 Å². The molecule has 2 N–H and O–H groups in total. The van der Waals surface area contributed by atoms with Crippen LogP contribution in [0.2, 0.25) is 0 Å². The third-order valence-corrected chi connectivity index (χ3v) is 3.73. The summed E-state index contributed by atoms with van der Waals surface area (Å²) in [5.41, 5.74) is 4.61. The number of ether oxygens (including phenoxy) is 1. The summed E-state index contributed by atoms with van der Waals surface area (Å²) in [5, 5.41) is 0. The molecule has 0 saturated carbocycles. The lowest BCUT2D eigenvalue weighted by Gasteiger charge is -2.03. The molecule has 0 saturated heterocycles. The molecule has 0 bridgehead atoms. The van der Waals surface area contributed by atoms with Gasteiger partial charge in [0.15, 0.2) is 0 Å². The van der Waals surface area contributed by atoms with E-state index in [-0.39, 0.29) is 0 Å². The Morgan fingerprint density at radius 2 is 1.00 bits per heavy atom. The van der Waals surface area contributed by atoms with Crippen molar-refractivity contribution in [1.29, 1.82) is 0 Å². The molecular weight excluding hydrogens is 270 g/mol. The largest absolute Gasteiger partial charge is 0.502 e. The van der Waals surface area contributed by atoms with Crippen LogP contribution < -0.4 is 5.73 Å². The summed E-state index contributed by atoms with van der Waals surface area (Å²) in [5.74, 6) is 0. The van der Waals surface area contributed by atoms with Crippen molar-refractivity contribution in [3.8, 4) is 0 Å². The maximum Gasteiger partial charge on any atom is 0.0873 e. The maximum atomic E-state index is 5.10. The quantitative estimate of drug-likeness (QED) is 0.254. The molecule has 2 heteroatoms. The average Bonchev–Trinajstić information content (AvgIpc) is 2.52. The average molecular weight is 312 g/mol. The summed E-state index contributed by atoms with van der Waals surface area (Å²) in [6.07, 6.45) is 22.5. The van der Waals surface area contributed by atoms with Crippen molar-refractivity contribution >= 4 is 0 Å². The van der Waals surface area contributed by atoms with Crippen molar-refractivity contribution in [2.75, 3.05) is 6.61 Å². The molecular formula is C20H41NO. The highest BCUT2D eigenvalue weighted by Crippen LogP contribution is 2.12. The Kier molecular flexibility index (Phi) is 26.6. The Hall–Kier alpha value is -0.920. The van der Waals surface area contributed by atoms with Gasteiger partial charge in [0, 0.05) is 0 Å². The molecule has 132 valence electrons. The molecule has 0 aromatic heterocycles. The lowest BCUT2D eigenvalue weighted by molar-refractivity contribution is 0.241. The molecule has 0 fully saturated rings. The van der Waals surface area contributed by atoms with Gasteiger partial charge in [-0.2, -0.15) is 0 Å². The third kappa shape index (κ3) is 27.4. The molecule has 0 amide bonds. The summed E-state index contributed by atoms with van der Waals surface area (Å²) >= 11 is 0. The van der Waals surface area contributed by atoms with Gasteiger partial charge < -0.3 is 10.5 Å². The van der Waals surface area contributed by atoms with Gasteiger partial charge in [-0.15, -0.1) is 0 Å². The van der Waals surface area contributed by atoms with E-state index in [1.807, 2.05) is 0 Å². The van der Waals surface area contributed by atoms with Crippen molar-refractivity contribution in [2.45, 2.75) is 96.8 Å². The van der Waals surface area contributed by atoms with E-state index in [9.17, 15) is 0 Å². The predicted molar refractivity (Wildman–Crippen MR) is 101 cm³/mol. The number of hydrogen-bond acceptors (Lipinski definition) is 2. The number of unbranched alkanes of at least 4 members (excludes halogenated alkanes) is 13. The van der Waals surface area contributed by atoms with Crippen molar-refractivity contribution < 1.29 is 4.74 Å². The van der Waals surface area contributed by atoms with Crippen molar-refractivity contribution in [3.05, 3.63) is 25.6 Å². The number of hydrogen-bond donors (Lipinski definition) is 1. The summed E-state index contributed by atoms with van der Waals surface area (Å²) in [6.45, 7) is 9.81. The first kappa shape index (κ1) is 23.3. The SMILES string of the molecule is C=CN.C=COCCCCCCCCCCCCCCCC. The highest BCUT2D eigenvalue weighted by atomic mass is 16.5. The van der Waals surface area contributed by atoms with Crippen LogP contribution in [0.1, 0.15) is 96.8 Å². The highest BCUT2D eigenvalue weighted by molar-refractivity contribution is 4.51. The fraction of sp³-hybridized carbons (Fsp3) is 0.800. The molecule has 0 unspecified atom stereocenters. The second kappa shape index (κ2) is 25.1. The molecule has 0 aliphatic heterocycles. The van der Waals surface area contributed by atoms with Crippen LogP contribution in [0.3, 0.4) is 0 Å². The molecule has 0 aromatic rings. The first-order chi connectivity index (χ1) is 10.8. The normalized spacial score (nSPS) is 9.68. The highest BCUT2D eigenvalue weighted by Gasteiger charge is 1.93. The van der Waals surface area contributed by atoms with Gasteiger partial charge >= 0.3 is 0 Å². The Balaban J connectivity index is 0. The Morgan fingerprint density at radius 3 is 1.32 bits per heavy atom. The lowest BCUT2D eigenvalue weighted by Crippen LogP contribution is -1.87. The van der Waals surface area contributed by atoms with E-state index in [1.54, 1.807) is 6.26 Å². The molecule has 0 aliphatic carbocycles. The summed E-state index contributed by atoms with van der Waals surface area (Å²) in [4.78, 5) is 0. The van der Waals surface area contributed by atoms with Gasteiger partial charge in [0.25, 0.3) is 0 Å². The fourth-order valence-corrected chi connectivity index (χ4v) is 2.46. The molecule has 0 atom stereocenters. The van der Waals surface area contributed by atoms with Crippen LogP contribution in [0.15, 0.2) is 25.6 Å². The minimum atomic E-state index is 0.849. The fourth-order valence-electron chi connectivity index (χ4n) is 2.46. The smallest absolute Gasteiger partial charge is 0.0873 e. The Bertz CT molecular complexity index is 204. The molecule has 0 rings (SSSR count). The van der Waals surface area contributed by atoms with Crippen LogP contribution in [-0.4, -0.2) is 6.61 Å². The van der Waals surface area contributed by atoms with Crippen LogP contribution in [0, 0.1) is 0 Å². The zero-order valence-electron chi connectivity index (χ0n) is 15.2. The van der Waals surface area contributed by atoms with Crippen LogP contribution in [0.4, 0.5) is 0 Å². The standard InChI is InChI=1S/C18H36O.C2H5N/c1-3-5-6-7-8-9-10-11-12-13-14-15-16-17-18-19-4-2;1-2-3/h4H,2-3,5-18H2,1H3;2H,1,3H2. The molecule has 2 nitrogen and oxygen atoms in total. The monoisotopic (exact) mass is 311 g/mol. The zero-order chi connectivity index (χ0) is 16.7. The van der Waals surface area contributed by atoms with E-state index >= 15 is 0 Å². The van der Waals surface area contributed by atoms with Gasteiger partial charge in [0.1, 0.15) is 0 Å². The molecule has 0 heterocycles. The van der Waals surface area contributed by atoms with E-state index in [4.69, 9.17) is 4.74 Å². The van der Waals surface area contributed by atoms with Crippen LogP contribution >= 0.6 is 0 Å². The summed E-state index contributed by atoms with van der Waals surface area (Å²) < 4.78 is 5.10. The molecule has 0 aromatic carbocycles. The van der Waals surface area contributed by atoms with Gasteiger partial charge in [-0.25, -0.2) is 0 Å². The van der Waals surface area contributed by atoms with Crippen LogP contribution in [-0.2, 0) is 4.74 Å². The van der Waals surface area contributed by atoms with Crippen molar-refractivity contribution in [2.24, 2.45) is 5.73 Å². The van der Waals surface area contributed by atoms with Gasteiger partial charge in [-0.05, 0) is 12.6 Å². The lowest BCUT2D eigenvalue weighted by atomic mass is 10.0. The van der Waals surface area contributed by atoms with Crippen molar-refractivity contribution in [1.82, 2.24) is 0 Å². The topological polar surface area (TPSA) is 35.2 Å². The number of rotatable bonds is 16. The second-order valence-corrected chi connectivity index (χ2v) is 5.87. The first-order valence-electron chi connectivity index (χ1n) is 9.38. The van der Waals surface area contributed by atoms with Crippen molar-refractivity contribution in [3.63, 3.8) is 0 Å². The molecule has 0 aliphatic rings. The second-order valence-electron chi connectivity index (χ2n) is 5.87. The van der Waals surface area contributed by atoms with E-state index in [2.05, 4.69) is 25.8 Å². The Labute approximate surface area is 140 Å². The van der Waals surface area contributed by atoms with Gasteiger partial charge in [0.05, 0.1) is 12.9 Å². The molecule has 0 spiro atoms. The zero-order valence-corrected chi connectivity index (χ0v) is 15.2. The van der Waals surface area contributed by atoms with Gasteiger partial charge in [-0.1, -0.05) is 104 Å². The van der Waals surface area contributed by atoms with Gasteiger partial charge in [-0.3, -0.25) is 0 Å². The maximum absolute atomic E-state index is 5.10. The van der Waals surface area contributed by atoms with E-state index in [0.29, 0.717) is 0 Å². The van der Waals surface area contributed by atoms with E-state index < -0.39 is 0 Å². The molecule has 0 radical (unpaired) electrons. The first-order valence-corrected chi connectivity index (χ1v) is 9.38. The minimum absolute atomic E-state index is 0.849. The van der Waals surface area contributed by atoms with E-state index in [1.165, 1.54) is 96.1 Å². The minimum Gasteiger partial charge on any atom is -0.502 e. The third-order valence-electron chi connectivity index (χ3n) is 3.73. The predicted octanol–water partition coefficient (Wildman–Crippen LogP) is 6.72. The summed E-state index contributed by atoms with van der Waals surface area (Å²) in [6, 6.07) is 0. The Morgan fingerprint density at radius 1 is 0.682 bits per heavy atom. The summed E-state index contributed by atoms with van der Waals surface area (Å²) in [7, 11) is 0.